The number of aromatic nitrogens is 4. The average Bonchev–Trinajstić information content (AvgIpc) is 3.20. The van der Waals surface area contributed by atoms with E-state index in [4.69, 9.17) is 0 Å². The van der Waals surface area contributed by atoms with Crippen molar-refractivity contribution in [3.8, 4) is 0 Å². The van der Waals surface area contributed by atoms with Crippen LogP contribution in [-0.4, -0.2) is 38.1 Å². The van der Waals surface area contributed by atoms with E-state index in [1.807, 2.05) is 29.8 Å². The van der Waals surface area contributed by atoms with E-state index in [2.05, 4.69) is 25.7 Å². The molecule has 2 N–H and O–H groups in total. The Bertz CT molecular complexity index is 1050. The van der Waals surface area contributed by atoms with Crippen molar-refractivity contribution in [3.05, 3.63) is 77.1 Å². The van der Waals surface area contributed by atoms with Crippen LogP contribution in [0.15, 0.2) is 48.9 Å². The van der Waals surface area contributed by atoms with Crippen molar-refractivity contribution >= 4 is 11.8 Å². The molecule has 0 saturated carbocycles. The van der Waals surface area contributed by atoms with E-state index in [1.165, 1.54) is 0 Å². The summed E-state index contributed by atoms with van der Waals surface area (Å²) >= 11 is 0. The minimum absolute atomic E-state index is 0.134. The van der Waals surface area contributed by atoms with E-state index in [1.54, 1.807) is 30.7 Å². The maximum atomic E-state index is 12.7. The third-order valence-electron chi connectivity index (χ3n) is 5.28. The van der Waals surface area contributed by atoms with Gasteiger partial charge in [0, 0.05) is 31.2 Å². The zero-order chi connectivity index (χ0) is 20.9. The van der Waals surface area contributed by atoms with Gasteiger partial charge < -0.3 is 10.6 Å². The minimum Gasteiger partial charge on any atom is -0.352 e. The molecule has 2 amide bonds. The molecule has 8 heteroatoms. The Morgan fingerprint density at radius 3 is 2.83 bits per heavy atom. The number of rotatable bonds is 6. The van der Waals surface area contributed by atoms with E-state index in [0.717, 1.165) is 30.0 Å². The Labute approximate surface area is 174 Å². The lowest BCUT2D eigenvalue weighted by Gasteiger charge is -2.24. The van der Waals surface area contributed by atoms with Crippen LogP contribution in [0.2, 0.25) is 0 Å². The number of fused-ring (bicyclic) bond motifs is 1. The first-order chi connectivity index (χ1) is 14.6. The number of carbonyl (C=O) groups is 2. The maximum absolute atomic E-state index is 12.7. The van der Waals surface area contributed by atoms with Crippen molar-refractivity contribution in [2.24, 2.45) is 5.92 Å². The second-order valence-electron chi connectivity index (χ2n) is 7.49. The first-order valence-corrected chi connectivity index (χ1v) is 10.0. The maximum Gasteiger partial charge on any atom is 0.255 e. The second kappa shape index (κ2) is 8.86. The number of carbonyl (C=O) groups excluding carboxylic acids is 2. The molecule has 1 unspecified atom stereocenters. The van der Waals surface area contributed by atoms with Crippen molar-refractivity contribution in [1.29, 1.82) is 0 Å². The molecule has 0 fully saturated rings. The molecule has 154 valence electrons. The zero-order valence-electron chi connectivity index (χ0n) is 16.8. The molecule has 0 spiro atoms. The largest absolute Gasteiger partial charge is 0.352 e. The Kier molecular flexibility index (Phi) is 5.83. The van der Waals surface area contributed by atoms with E-state index >= 15 is 0 Å². The Balaban J connectivity index is 1.36. The molecule has 1 aliphatic rings. The summed E-state index contributed by atoms with van der Waals surface area (Å²) in [6.07, 6.45) is 6.41. The third kappa shape index (κ3) is 4.53. The van der Waals surface area contributed by atoms with Crippen LogP contribution in [0, 0.1) is 12.8 Å². The van der Waals surface area contributed by atoms with Crippen LogP contribution >= 0.6 is 0 Å². The predicted molar refractivity (Wildman–Crippen MR) is 111 cm³/mol. The third-order valence-corrected chi connectivity index (χ3v) is 5.28. The predicted octanol–water partition coefficient (Wildman–Crippen LogP) is 1.90. The van der Waals surface area contributed by atoms with Crippen molar-refractivity contribution in [2.75, 3.05) is 6.54 Å². The molecule has 0 aromatic carbocycles. The lowest BCUT2D eigenvalue weighted by Crippen LogP contribution is -2.34. The molecule has 8 nitrogen and oxygen atoms in total. The first-order valence-electron chi connectivity index (χ1n) is 10.0. The molecule has 0 saturated heterocycles. The lowest BCUT2D eigenvalue weighted by atomic mass is 9.94. The molecular weight excluding hydrogens is 380 g/mol. The van der Waals surface area contributed by atoms with Crippen molar-refractivity contribution in [1.82, 2.24) is 30.4 Å². The van der Waals surface area contributed by atoms with Gasteiger partial charge in [-0.15, -0.1) is 0 Å². The van der Waals surface area contributed by atoms with Crippen LogP contribution in [0.4, 0.5) is 0 Å². The quantitative estimate of drug-likeness (QED) is 0.653. The van der Waals surface area contributed by atoms with E-state index in [9.17, 15) is 9.59 Å². The highest BCUT2D eigenvalue weighted by Crippen LogP contribution is 2.23. The number of nitrogens with zero attached hydrogens (tertiary/aromatic N) is 4. The molecule has 0 aliphatic carbocycles. The summed E-state index contributed by atoms with van der Waals surface area (Å²) in [5.41, 5.74) is 3.78. The lowest BCUT2D eigenvalue weighted by molar-refractivity contribution is 0.0933. The summed E-state index contributed by atoms with van der Waals surface area (Å²) in [4.78, 5) is 33.4. The summed E-state index contributed by atoms with van der Waals surface area (Å²) in [5, 5.41) is 10.3. The van der Waals surface area contributed by atoms with Crippen LogP contribution in [0.25, 0.3) is 0 Å². The summed E-state index contributed by atoms with van der Waals surface area (Å²) in [6, 6.07) is 9.22. The summed E-state index contributed by atoms with van der Waals surface area (Å²) in [6.45, 7) is 3.57. The number of hydrogen-bond donors (Lipinski definition) is 2. The number of nitrogens with one attached hydrogen (secondary N) is 2. The molecule has 1 atom stereocenters. The van der Waals surface area contributed by atoms with Gasteiger partial charge in [0.1, 0.15) is 0 Å². The normalized spacial score (nSPS) is 15.3. The van der Waals surface area contributed by atoms with Gasteiger partial charge in [-0.1, -0.05) is 6.07 Å². The number of hydrogen-bond acceptors (Lipinski definition) is 5. The highest BCUT2D eigenvalue weighted by molar-refractivity contribution is 5.95. The Hall–Kier alpha value is -3.55. The highest BCUT2D eigenvalue weighted by Gasteiger charge is 2.25. The van der Waals surface area contributed by atoms with Gasteiger partial charge in [0.15, 0.2) is 0 Å². The molecular formula is C22H24N6O2. The molecule has 0 bridgehead atoms. The fraction of sp³-hybridized carbons (Fsp3) is 0.318. The number of aryl methyl sites for hydroxylation is 2. The fourth-order valence-electron chi connectivity index (χ4n) is 3.66. The molecule has 4 heterocycles. The molecule has 4 rings (SSSR count). The SMILES string of the molecule is Cc1cccc(CNC(=O)c2cnn3c2CC(CNC(=O)c2cccnc2)CC3)n1. The van der Waals surface area contributed by atoms with Crippen LogP contribution in [0.1, 0.15) is 44.2 Å². The van der Waals surface area contributed by atoms with Crippen LogP contribution in [0.5, 0.6) is 0 Å². The standard InChI is InChI=1S/C22H24N6O2/c1-15-4-2-6-18(27-15)13-25-22(30)19-14-26-28-9-7-16(10-20(19)28)11-24-21(29)17-5-3-8-23-12-17/h2-6,8,12,14,16H,7,9-11,13H2,1H3,(H,24,29)(H,25,30). The van der Waals surface area contributed by atoms with Crippen molar-refractivity contribution in [2.45, 2.75) is 32.9 Å². The van der Waals surface area contributed by atoms with Crippen molar-refractivity contribution in [3.63, 3.8) is 0 Å². The van der Waals surface area contributed by atoms with Crippen LogP contribution in [0.3, 0.4) is 0 Å². The van der Waals surface area contributed by atoms with Gasteiger partial charge in [0.2, 0.25) is 0 Å². The molecule has 3 aromatic heterocycles. The van der Waals surface area contributed by atoms with Gasteiger partial charge in [-0.3, -0.25) is 24.2 Å². The minimum atomic E-state index is -0.153. The number of pyridine rings is 2. The van der Waals surface area contributed by atoms with E-state index in [0.29, 0.717) is 30.6 Å². The Morgan fingerprint density at radius 1 is 1.13 bits per heavy atom. The van der Waals surface area contributed by atoms with Gasteiger partial charge in [-0.05, 0) is 49.9 Å². The van der Waals surface area contributed by atoms with Crippen molar-refractivity contribution < 1.29 is 9.59 Å². The average molecular weight is 404 g/mol. The summed E-state index contributed by atoms with van der Waals surface area (Å²) in [7, 11) is 0. The van der Waals surface area contributed by atoms with Crippen LogP contribution in [-0.2, 0) is 19.5 Å². The highest BCUT2D eigenvalue weighted by atomic mass is 16.2. The van der Waals surface area contributed by atoms with E-state index < -0.39 is 0 Å². The molecule has 30 heavy (non-hydrogen) atoms. The van der Waals surface area contributed by atoms with Gasteiger partial charge >= 0.3 is 0 Å². The summed E-state index contributed by atoms with van der Waals surface area (Å²) in [5.74, 6) is -0.0368. The Morgan fingerprint density at radius 2 is 2.03 bits per heavy atom. The molecule has 1 aliphatic heterocycles. The van der Waals surface area contributed by atoms with E-state index in [-0.39, 0.29) is 17.7 Å². The molecule has 3 aromatic rings. The second-order valence-corrected chi connectivity index (χ2v) is 7.49. The monoisotopic (exact) mass is 404 g/mol. The fourth-order valence-corrected chi connectivity index (χ4v) is 3.66. The van der Waals surface area contributed by atoms with Gasteiger partial charge in [-0.2, -0.15) is 5.10 Å². The van der Waals surface area contributed by atoms with Gasteiger partial charge in [0.05, 0.1) is 35.3 Å². The number of amides is 2. The van der Waals surface area contributed by atoms with Crippen LogP contribution < -0.4 is 10.6 Å². The smallest absolute Gasteiger partial charge is 0.255 e. The summed E-state index contributed by atoms with van der Waals surface area (Å²) < 4.78 is 1.89. The topological polar surface area (TPSA) is 102 Å². The van der Waals surface area contributed by atoms with Gasteiger partial charge in [0.25, 0.3) is 11.8 Å². The first kappa shape index (κ1) is 19.8. The van der Waals surface area contributed by atoms with Gasteiger partial charge in [-0.25, -0.2) is 0 Å². The molecule has 0 radical (unpaired) electrons. The zero-order valence-corrected chi connectivity index (χ0v) is 16.8.